The Bertz CT molecular complexity index is 2790. The van der Waals surface area contributed by atoms with E-state index >= 15 is 0 Å². The van der Waals surface area contributed by atoms with Gasteiger partial charge in [0.25, 0.3) is 0 Å². The van der Waals surface area contributed by atoms with E-state index in [9.17, 15) is 0 Å². The third-order valence-electron chi connectivity index (χ3n) is 11.1. The first-order valence-electron chi connectivity index (χ1n) is 20.4. The van der Waals surface area contributed by atoms with Crippen molar-refractivity contribution in [2.75, 3.05) is 0 Å². The van der Waals surface area contributed by atoms with Crippen LogP contribution in [0.15, 0.2) is 243 Å². The quantitative estimate of drug-likeness (QED) is 0.146. The van der Waals surface area contributed by atoms with Crippen molar-refractivity contribution in [2.45, 2.75) is 0 Å². The van der Waals surface area contributed by atoms with E-state index in [4.69, 9.17) is 9.97 Å². The molecular weight excluding hydrogens is 725 g/mol. The highest BCUT2D eigenvalue weighted by atomic mass is 14.7. The highest BCUT2D eigenvalue weighted by Gasteiger charge is 2.20. The Balaban J connectivity index is 1.08. The van der Waals surface area contributed by atoms with Crippen molar-refractivity contribution >= 4 is 0 Å². The molecule has 0 bridgehead atoms. The summed E-state index contributed by atoms with van der Waals surface area (Å²) in [5.41, 5.74) is 19.5. The molecule has 8 aromatic carbocycles. The Morgan fingerprint density at radius 2 is 0.450 bits per heavy atom. The zero-order chi connectivity index (χ0) is 40.1. The fourth-order valence-electron chi connectivity index (χ4n) is 8.15. The lowest BCUT2D eigenvalue weighted by Crippen LogP contribution is -1.97. The van der Waals surface area contributed by atoms with Crippen LogP contribution in [0.25, 0.3) is 101 Å². The molecule has 0 aliphatic rings. The summed E-state index contributed by atoms with van der Waals surface area (Å²) in [6.45, 7) is 0. The van der Waals surface area contributed by atoms with Gasteiger partial charge in [-0.2, -0.15) is 0 Å². The van der Waals surface area contributed by atoms with Gasteiger partial charge in [-0.05, 0) is 56.6 Å². The molecule has 2 nitrogen and oxygen atoms in total. The van der Waals surface area contributed by atoms with Gasteiger partial charge in [0.05, 0.1) is 22.8 Å². The van der Waals surface area contributed by atoms with Gasteiger partial charge in [-0.25, -0.2) is 9.97 Å². The maximum Gasteiger partial charge on any atom is 0.0794 e. The third-order valence-corrected chi connectivity index (χ3v) is 11.1. The number of hydrogen-bond donors (Lipinski definition) is 0. The van der Waals surface area contributed by atoms with Gasteiger partial charge in [0.15, 0.2) is 0 Å². The maximum atomic E-state index is 5.34. The molecule has 0 atom stereocenters. The van der Waals surface area contributed by atoms with Gasteiger partial charge < -0.3 is 0 Å². The van der Waals surface area contributed by atoms with E-state index in [1.807, 2.05) is 0 Å². The second-order valence-electron chi connectivity index (χ2n) is 14.9. The first kappa shape index (κ1) is 36.4. The number of rotatable bonds is 9. The normalized spacial score (nSPS) is 11.0. The van der Waals surface area contributed by atoms with Crippen molar-refractivity contribution in [2.24, 2.45) is 0 Å². The van der Waals surface area contributed by atoms with Crippen LogP contribution < -0.4 is 0 Å². The van der Waals surface area contributed by atoms with E-state index in [1.165, 1.54) is 0 Å². The van der Waals surface area contributed by atoms with Crippen molar-refractivity contribution in [1.29, 1.82) is 0 Å². The van der Waals surface area contributed by atoms with Gasteiger partial charge in [-0.1, -0.05) is 231 Å². The largest absolute Gasteiger partial charge is 0.247 e. The van der Waals surface area contributed by atoms with Crippen LogP contribution in [0.3, 0.4) is 0 Å². The topological polar surface area (TPSA) is 25.8 Å². The molecule has 0 radical (unpaired) electrons. The van der Waals surface area contributed by atoms with Crippen LogP contribution in [-0.2, 0) is 0 Å². The third kappa shape index (κ3) is 7.35. The first-order valence-corrected chi connectivity index (χ1v) is 20.4. The molecule has 2 heteroatoms. The number of pyridine rings is 2. The predicted molar refractivity (Wildman–Crippen MR) is 251 cm³/mol. The molecule has 0 saturated heterocycles. The molecule has 0 fully saturated rings. The van der Waals surface area contributed by atoms with Crippen molar-refractivity contribution in [3.8, 4) is 101 Å². The van der Waals surface area contributed by atoms with Gasteiger partial charge in [0.2, 0.25) is 0 Å². The van der Waals surface area contributed by atoms with Crippen molar-refractivity contribution in [3.63, 3.8) is 0 Å². The Kier molecular flexibility index (Phi) is 10.0. The molecule has 60 heavy (non-hydrogen) atoms. The molecule has 10 aromatic rings. The summed E-state index contributed by atoms with van der Waals surface area (Å²) in [5.74, 6) is 0. The summed E-state index contributed by atoms with van der Waals surface area (Å²) in [6, 6.07) is 85.8. The molecule has 0 aliphatic heterocycles. The summed E-state index contributed by atoms with van der Waals surface area (Å²) in [4.78, 5) is 10.7. The summed E-state index contributed by atoms with van der Waals surface area (Å²) in [7, 11) is 0. The van der Waals surface area contributed by atoms with Crippen LogP contribution in [-0.4, -0.2) is 9.97 Å². The van der Waals surface area contributed by atoms with Crippen molar-refractivity contribution in [1.82, 2.24) is 9.97 Å². The van der Waals surface area contributed by atoms with E-state index in [2.05, 4.69) is 243 Å². The minimum Gasteiger partial charge on any atom is -0.247 e. The van der Waals surface area contributed by atoms with Crippen molar-refractivity contribution in [3.05, 3.63) is 243 Å². The average Bonchev–Trinajstić information content (AvgIpc) is 3.35. The van der Waals surface area contributed by atoms with Crippen LogP contribution in [0.2, 0.25) is 0 Å². The maximum absolute atomic E-state index is 5.34. The summed E-state index contributed by atoms with van der Waals surface area (Å²) >= 11 is 0. The van der Waals surface area contributed by atoms with Crippen LogP contribution in [0.1, 0.15) is 0 Å². The van der Waals surface area contributed by atoms with Gasteiger partial charge in [0.1, 0.15) is 0 Å². The number of hydrogen-bond acceptors (Lipinski definition) is 2. The Hall–Kier alpha value is -7.94. The van der Waals surface area contributed by atoms with Gasteiger partial charge >= 0.3 is 0 Å². The van der Waals surface area contributed by atoms with Gasteiger partial charge in [-0.3, -0.25) is 0 Å². The second-order valence-corrected chi connectivity index (χ2v) is 14.9. The highest BCUT2D eigenvalue weighted by molar-refractivity contribution is 5.97. The Morgan fingerprint density at radius 1 is 0.200 bits per heavy atom. The molecular formula is C58H40N2. The standard InChI is InChI=1S/C58H40N2/c1-7-19-45(20-8-1)53-39-51(55(47-23-11-3-12-24-47)57(59-53)49-27-15-5-16-28-49)43-35-31-41(32-36-43)42-33-37-44(38-34-42)52-40-54(46-21-9-2-10-22-46)60-58(50-29-17-6-18-30-50)56(52)48-25-13-4-14-26-48/h1-40H. The van der Waals surface area contributed by atoms with Crippen LogP contribution in [0.4, 0.5) is 0 Å². The van der Waals surface area contributed by atoms with Crippen LogP contribution in [0.5, 0.6) is 0 Å². The number of nitrogens with zero attached hydrogens (tertiary/aromatic N) is 2. The van der Waals surface area contributed by atoms with Gasteiger partial charge in [-0.15, -0.1) is 0 Å². The molecule has 0 unspecified atom stereocenters. The monoisotopic (exact) mass is 764 g/mol. The SMILES string of the molecule is c1ccc(-c2cc(-c3ccc(-c4ccc(-c5cc(-c6ccccc6)nc(-c6ccccc6)c5-c5ccccc5)cc4)cc3)c(-c3ccccc3)c(-c3ccccc3)n2)cc1. The summed E-state index contributed by atoms with van der Waals surface area (Å²) in [5, 5.41) is 0. The molecule has 0 N–H and O–H groups in total. The molecule has 0 amide bonds. The predicted octanol–water partition coefficient (Wildman–Crippen LogP) is 15.5. The summed E-state index contributed by atoms with van der Waals surface area (Å²) < 4.78 is 0. The van der Waals surface area contributed by atoms with Crippen molar-refractivity contribution < 1.29 is 0 Å². The highest BCUT2D eigenvalue weighted by Crippen LogP contribution is 2.44. The zero-order valence-electron chi connectivity index (χ0n) is 33.0. The molecule has 282 valence electrons. The smallest absolute Gasteiger partial charge is 0.0794 e. The number of aromatic nitrogens is 2. The average molecular weight is 765 g/mol. The lowest BCUT2D eigenvalue weighted by Gasteiger charge is -2.19. The lowest BCUT2D eigenvalue weighted by molar-refractivity contribution is 1.32. The Morgan fingerprint density at radius 3 is 0.750 bits per heavy atom. The first-order chi connectivity index (χ1) is 29.8. The Labute approximate surface area is 351 Å². The molecule has 2 heterocycles. The fraction of sp³-hybridized carbons (Fsp3) is 0. The van der Waals surface area contributed by atoms with E-state index in [1.54, 1.807) is 0 Å². The number of benzene rings is 8. The van der Waals surface area contributed by atoms with E-state index < -0.39 is 0 Å². The minimum atomic E-state index is 0.945. The van der Waals surface area contributed by atoms with E-state index in [0.29, 0.717) is 0 Å². The molecule has 2 aromatic heterocycles. The van der Waals surface area contributed by atoms with E-state index in [-0.39, 0.29) is 0 Å². The lowest BCUT2D eigenvalue weighted by atomic mass is 9.88. The minimum absolute atomic E-state index is 0.945. The van der Waals surface area contributed by atoms with Crippen LogP contribution in [0, 0.1) is 0 Å². The van der Waals surface area contributed by atoms with Crippen LogP contribution >= 0.6 is 0 Å². The summed E-state index contributed by atoms with van der Waals surface area (Å²) in [6.07, 6.45) is 0. The zero-order valence-corrected chi connectivity index (χ0v) is 33.0. The molecule has 0 aliphatic carbocycles. The molecule has 0 spiro atoms. The van der Waals surface area contributed by atoms with Gasteiger partial charge in [0, 0.05) is 33.4 Å². The molecule has 10 rings (SSSR count). The van der Waals surface area contributed by atoms with E-state index in [0.717, 1.165) is 101 Å². The molecule has 0 saturated carbocycles. The second kappa shape index (κ2) is 16.5. The fourth-order valence-corrected chi connectivity index (χ4v) is 8.15.